The fourth-order valence-corrected chi connectivity index (χ4v) is 4.30. The van der Waals surface area contributed by atoms with E-state index in [4.69, 9.17) is 9.72 Å². The summed E-state index contributed by atoms with van der Waals surface area (Å²) in [5.74, 6) is 0.957. The van der Waals surface area contributed by atoms with Crippen LogP contribution in [0.1, 0.15) is 37.6 Å². The first kappa shape index (κ1) is 19.6. The highest BCUT2D eigenvalue weighted by atomic mass is 16.5. The van der Waals surface area contributed by atoms with E-state index in [-0.39, 0.29) is 11.4 Å². The first-order valence-electron chi connectivity index (χ1n) is 10.6. The fraction of sp³-hybridized carbons (Fsp3) is 0.417. The Kier molecular flexibility index (Phi) is 5.95. The number of ether oxygens (including phenoxy) is 1. The molecular weight excluding hydrogens is 362 g/mol. The minimum absolute atomic E-state index is 0.0284. The summed E-state index contributed by atoms with van der Waals surface area (Å²) in [6.45, 7) is 4.87. The molecule has 1 aliphatic heterocycles. The third-order valence-corrected chi connectivity index (χ3v) is 6.07. The summed E-state index contributed by atoms with van der Waals surface area (Å²) < 4.78 is 5.49. The molecule has 0 atom stereocenters. The van der Waals surface area contributed by atoms with Gasteiger partial charge in [-0.3, -0.25) is 9.69 Å². The molecule has 152 valence electrons. The number of hydrogen-bond donors (Lipinski definition) is 1. The second-order valence-electron chi connectivity index (χ2n) is 7.96. The van der Waals surface area contributed by atoms with Gasteiger partial charge in [0.2, 0.25) is 0 Å². The van der Waals surface area contributed by atoms with Gasteiger partial charge < -0.3 is 9.72 Å². The normalized spacial score (nSPS) is 16.7. The number of aromatic nitrogens is 2. The average Bonchev–Trinajstić information content (AvgIpc) is 3.17. The van der Waals surface area contributed by atoms with Crippen LogP contribution in [0.3, 0.4) is 0 Å². The van der Waals surface area contributed by atoms with Crippen molar-refractivity contribution in [2.24, 2.45) is 5.41 Å². The first-order valence-corrected chi connectivity index (χ1v) is 10.6. The van der Waals surface area contributed by atoms with Crippen LogP contribution in [0.15, 0.2) is 54.6 Å². The first-order chi connectivity index (χ1) is 14.2. The smallest absolute Gasteiger partial charge is 0.312 e. The maximum atomic E-state index is 12.9. The van der Waals surface area contributed by atoms with Gasteiger partial charge in [-0.1, -0.05) is 42.5 Å². The molecule has 1 fully saturated rings. The van der Waals surface area contributed by atoms with Crippen LogP contribution in [0.5, 0.6) is 0 Å². The summed E-state index contributed by atoms with van der Waals surface area (Å²) in [6.07, 6.45) is 3.41. The number of carbonyl (C=O) groups is 1. The standard InChI is InChI=1S/C24H29N3O2/c1-2-29-23(28)24(13-12-19-8-4-3-5-9-19)14-16-27(17-15-24)18-22-25-20-10-6-7-11-21(20)26-22/h3-11H,2,12-18H2,1H3,(H,25,26). The molecule has 1 aromatic heterocycles. The molecule has 1 aliphatic rings. The molecule has 0 bridgehead atoms. The lowest BCUT2D eigenvalue weighted by Crippen LogP contribution is -2.45. The molecule has 29 heavy (non-hydrogen) atoms. The molecule has 1 N–H and O–H groups in total. The maximum Gasteiger partial charge on any atom is 0.312 e. The summed E-state index contributed by atoms with van der Waals surface area (Å²) in [6, 6.07) is 18.5. The van der Waals surface area contributed by atoms with Crippen molar-refractivity contribution in [2.45, 2.75) is 39.2 Å². The minimum Gasteiger partial charge on any atom is -0.466 e. The van der Waals surface area contributed by atoms with Crippen LogP contribution in [0.2, 0.25) is 0 Å². The van der Waals surface area contributed by atoms with E-state index in [2.05, 4.69) is 40.2 Å². The lowest BCUT2D eigenvalue weighted by Gasteiger charge is -2.39. The van der Waals surface area contributed by atoms with E-state index in [1.54, 1.807) is 0 Å². The Morgan fingerprint density at radius 1 is 1.10 bits per heavy atom. The van der Waals surface area contributed by atoms with Gasteiger partial charge in [-0.05, 0) is 63.4 Å². The van der Waals surface area contributed by atoms with E-state index in [9.17, 15) is 4.79 Å². The molecule has 0 spiro atoms. The van der Waals surface area contributed by atoms with Crippen molar-refractivity contribution < 1.29 is 9.53 Å². The number of aromatic amines is 1. The molecule has 0 aliphatic carbocycles. The number of H-pyrrole nitrogens is 1. The van der Waals surface area contributed by atoms with Crippen molar-refractivity contribution in [2.75, 3.05) is 19.7 Å². The molecular formula is C24H29N3O2. The van der Waals surface area contributed by atoms with Gasteiger partial charge in [0.15, 0.2) is 0 Å². The van der Waals surface area contributed by atoms with Crippen LogP contribution in [0.4, 0.5) is 0 Å². The van der Waals surface area contributed by atoms with Crippen molar-refractivity contribution >= 4 is 17.0 Å². The summed E-state index contributed by atoms with van der Waals surface area (Å²) in [5.41, 5.74) is 2.98. The second kappa shape index (κ2) is 8.78. The Hall–Kier alpha value is -2.66. The van der Waals surface area contributed by atoms with E-state index >= 15 is 0 Å². The van der Waals surface area contributed by atoms with E-state index < -0.39 is 0 Å². The molecule has 5 heteroatoms. The summed E-state index contributed by atoms with van der Waals surface area (Å²) in [4.78, 5) is 23.4. The van der Waals surface area contributed by atoms with Gasteiger partial charge in [0.25, 0.3) is 0 Å². The molecule has 3 aromatic rings. The SMILES string of the molecule is CCOC(=O)C1(CCc2ccccc2)CCN(Cc2nc3ccccc3[nH]2)CC1. The highest BCUT2D eigenvalue weighted by molar-refractivity contribution is 5.77. The number of imidazole rings is 1. The maximum absolute atomic E-state index is 12.9. The number of carbonyl (C=O) groups excluding carboxylic acids is 1. The Morgan fingerprint density at radius 3 is 2.55 bits per heavy atom. The van der Waals surface area contributed by atoms with Crippen molar-refractivity contribution in [1.29, 1.82) is 0 Å². The highest BCUT2D eigenvalue weighted by Crippen LogP contribution is 2.38. The summed E-state index contributed by atoms with van der Waals surface area (Å²) >= 11 is 0. The Morgan fingerprint density at radius 2 is 1.83 bits per heavy atom. The van der Waals surface area contributed by atoms with Crippen LogP contribution in [-0.4, -0.2) is 40.5 Å². The Labute approximate surface area is 172 Å². The molecule has 2 heterocycles. The number of nitrogens with zero attached hydrogens (tertiary/aromatic N) is 2. The van der Waals surface area contributed by atoms with Gasteiger partial charge >= 0.3 is 5.97 Å². The zero-order chi connectivity index (χ0) is 20.1. The third-order valence-electron chi connectivity index (χ3n) is 6.07. The predicted octanol–water partition coefficient (Wildman–Crippen LogP) is 4.34. The number of benzene rings is 2. The predicted molar refractivity (Wildman–Crippen MR) is 114 cm³/mol. The Balaban J connectivity index is 1.41. The van der Waals surface area contributed by atoms with E-state index in [1.165, 1.54) is 5.56 Å². The van der Waals surface area contributed by atoms with Crippen LogP contribution in [0.25, 0.3) is 11.0 Å². The molecule has 4 rings (SSSR count). The van der Waals surface area contributed by atoms with Gasteiger partial charge in [-0.15, -0.1) is 0 Å². The molecule has 2 aromatic carbocycles. The number of likely N-dealkylation sites (tertiary alicyclic amines) is 1. The Bertz CT molecular complexity index is 910. The molecule has 0 unspecified atom stereocenters. The van der Waals surface area contributed by atoms with Crippen LogP contribution in [0, 0.1) is 5.41 Å². The number of para-hydroxylation sites is 2. The molecule has 0 radical (unpaired) electrons. The zero-order valence-electron chi connectivity index (χ0n) is 17.1. The number of piperidine rings is 1. The number of aryl methyl sites for hydroxylation is 1. The van der Waals surface area contributed by atoms with Crippen LogP contribution >= 0.6 is 0 Å². The van der Waals surface area contributed by atoms with Gasteiger partial charge in [0.1, 0.15) is 5.82 Å². The van der Waals surface area contributed by atoms with Crippen LogP contribution in [-0.2, 0) is 22.5 Å². The van der Waals surface area contributed by atoms with Crippen molar-refractivity contribution in [3.8, 4) is 0 Å². The molecule has 5 nitrogen and oxygen atoms in total. The summed E-state index contributed by atoms with van der Waals surface area (Å²) in [5, 5.41) is 0. The quantitative estimate of drug-likeness (QED) is 0.609. The molecule has 0 amide bonds. The monoisotopic (exact) mass is 391 g/mol. The number of hydrogen-bond acceptors (Lipinski definition) is 4. The molecule has 1 saturated heterocycles. The summed E-state index contributed by atoms with van der Waals surface area (Å²) in [7, 11) is 0. The second-order valence-corrected chi connectivity index (χ2v) is 7.96. The zero-order valence-corrected chi connectivity index (χ0v) is 17.1. The van der Waals surface area contributed by atoms with Gasteiger partial charge in [-0.25, -0.2) is 4.98 Å². The fourth-order valence-electron chi connectivity index (χ4n) is 4.30. The van der Waals surface area contributed by atoms with Crippen molar-refractivity contribution in [3.63, 3.8) is 0 Å². The number of nitrogens with one attached hydrogen (secondary N) is 1. The lowest BCUT2D eigenvalue weighted by molar-refractivity contribution is -0.159. The van der Waals surface area contributed by atoms with E-state index in [0.717, 1.165) is 62.2 Å². The van der Waals surface area contributed by atoms with Crippen molar-refractivity contribution in [1.82, 2.24) is 14.9 Å². The highest BCUT2D eigenvalue weighted by Gasteiger charge is 2.42. The minimum atomic E-state index is -0.379. The van der Waals surface area contributed by atoms with Crippen LogP contribution < -0.4 is 0 Å². The topological polar surface area (TPSA) is 58.2 Å². The number of fused-ring (bicyclic) bond motifs is 1. The molecule has 0 saturated carbocycles. The van der Waals surface area contributed by atoms with Crippen molar-refractivity contribution in [3.05, 3.63) is 66.0 Å². The lowest BCUT2D eigenvalue weighted by atomic mass is 9.74. The van der Waals surface area contributed by atoms with Gasteiger partial charge in [-0.2, -0.15) is 0 Å². The number of rotatable bonds is 7. The average molecular weight is 392 g/mol. The number of esters is 1. The van der Waals surface area contributed by atoms with Gasteiger partial charge in [0.05, 0.1) is 29.6 Å². The van der Waals surface area contributed by atoms with Gasteiger partial charge in [0, 0.05) is 0 Å². The van der Waals surface area contributed by atoms with E-state index in [0.29, 0.717) is 6.61 Å². The third kappa shape index (κ3) is 4.51. The largest absolute Gasteiger partial charge is 0.466 e. The van der Waals surface area contributed by atoms with E-state index in [1.807, 2.05) is 31.2 Å².